The Labute approximate surface area is 83.3 Å². The van der Waals surface area contributed by atoms with Gasteiger partial charge in [0.25, 0.3) is 0 Å². The third-order valence-corrected chi connectivity index (χ3v) is 8.54. The Morgan fingerprint density at radius 2 is 1.38 bits per heavy atom. The monoisotopic (exact) mass is 192 g/mol. The van der Waals surface area contributed by atoms with Crippen molar-refractivity contribution in [2.75, 3.05) is 0 Å². The van der Waals surface area contributed by atoms with E-state index in [0.29, 0.717) is 0 Å². The maximum Gasteiger partial charge on any atom is 0.0496 e. The predicted molar refractivity (Wildman–Crippen MR) is 61.9 cm³/mol. The molecule has 0 nitrogen and oxygen atoms in total. The summed E-state index contributed by atoms with van der Waals surface area (Å²) in [5, 5.41) is 0. The highest BCUT2D eigenvalue weighted by atomic mass is 28.3. The molecule has 13 heavy (non-hydrogen) atoms. The van der Waals surface area contributed by atoms with Gasteiger partial charge in [-0.1, -0.05) is 29.7 Å². The van der Waals surface area contributed by atoms with Gasteiger partial charge in [-0.15, -0.1) is 0 Å². The van der Waals surface area contributed by atoms with Crippen molar-refractivity contribution >= 4 is 8.80 Å². The van der Waals surface area contributed by atoms with Gasteiger partial charge in [0.05, 0.1) is 0 Å². The Morgan fingerprint density at radius 1 is 0.923 bits per heavy atom. The van der Waals surface area contributed by atoms with Gasteiger partial charge in [-0.05, 0) is 44.4 Å². The molecule has 1 aliphatic carbocycles. The Morgan fingerprint density at radius 3 is 1.69 bits per heavy atom. The lowest BCUT2D eigenvalue weighted by Gasteiger charge is -2.32. The quantitative estimate of drug-likeness (QED) is 0.556. The summed E-state index contributed by atoms with van der Waals surface area (Å²) in [6.07, 6.45) is 1.52. The number of hydrogen-bond donors (Lipinski definition) is 0. The lowest BCUT2D eigenvalue weighted by molar-refractivity contribution is 0.885. The van der Waals surface area contributed by atoms with Crippen LogP contribution in [0.4, 0.5) is 0 Å². The molecule has 1 aliphatic heterocycles. The predicted octanol–water partition coefficient (Wildman–Crippen LogP) is 3.67. The van der Waals surface area contributed by atoms with E-state index in [1.54, 1.807) is 34.4 Å². The van der Waals surface area contributed by atoms with E-state index in [9.17, 15) is 0 Å². The van der Waals surface area contributed by atoms with Crippen LogP contribution in [0.3, 0.4) is 0 Å². The third-order valence-electron chi connectivity index (χ3n) is 4.30. The molecule has 0 aromatic carbocycles. The first-order valence-corrected chi connectivity index (χ1v) is 7.78. The molecule has 0 bridgehead atoms. The number of allylic oxidation sites excluding steroid dienone is 4. The maximum absolute atomic E-state index is 2.37. The Balaban J connectivity index is 2.29. The SMILES string of the molecule is CC1=C(C)C([SiH]2CCC2)C(C)=C1C. The summed E-state index contributed by atoms with van der Waals surface area (Å²) < 4.78 is 0. The zero-order valence-corrected chi connectivity index (χ0v) is 10.4. The topological polar surface area (TPSA) is 0 Å². The van der Waals surface area contributed by atoms with Crippen molar-refractivity contribution in [3.05, 3.63) is 22.3 Å². The molecule has 1 heterocycles. The average molecular weight is 192 g/mol. The molecule has 0 spiro atoms. The molecule has 72 valence electrons. The fourth-order valence-electron chi connectivity index (χ4n) is 2.86. The van der Waals surface area contributed by atoms with Gasteiger partial charge >= 0.3 is 0 Å². The minimum Gasteiger partial charge on any atom is -0.0660 e. The summed E-state index contributed by atoms with van der Waals surface area (Å²) in [5.41, 5.74) is 7.58. The molecule has 0 N–H and O–H groups in total. The first kappa shape index (κ1) is 9.26. The molecule has 0 aromatic heterocycles. The van der Waals surface area contributed by atoms with Crippen molar-refractivity contribution < 1.29 is 0 Å². The van der Waals surface area contributed by atoms with Crippen LogP contribution in [0.1, 0.15) is 34.1 Å². The fourth-order valence-corrected chi connectivity index (χ4v) is 6.32. The smallest absolute Gasteiger partial charge is 0.0496 e. The Hall–Kier alpha value is -0.303. The minimum absolute atomic E-state index is 0.362. The van der Waals surface area contributed by atoms with Crippen LogP contribution >= 0.6 is 0 Å². The zero-order valence-electron chi connectivity index (χ0n) is 9.28. The normalized spacial score (nSPS) is 25.8. The zero-order chi connectivity index (χ0) is 9.59. The molecule has 0 atom stereocenters. The molecule has 1 fully saturated rings. The van der Waals surface area contributed by atoms with Gasteiger partial charge in [0, 0.05) is 8.80 Å². The highest BCUT2D eigenvalue weighted by Gasteiger charge is 2.35. The van der Waals surface area contributed by atoms with Gasteiger partial charge < -0.3 is 0 Å². The Bertz CT molecular complexity index is 268. The summed E-state index contributed by atoms with van der Waals surface area (Å²) in [6.45, 7) is 9.35. The molecule has 0 saturated carbocycles. The van der Waals surface area contributed by atoms with Crippen LogP contribution in [0.15, 0.2) is 22.3 Å². The van der Waals surface area contributed by atoms with Crippen molar-refractivity contribution in [2.24, 2.45) is 0 Å². The average Bonchev–Trinajstić information content (AvgIpc) is 2.19. The second-order valence-electron chi connectivity index (χ2n) is 4.78. The van der Waals surface area contributed by atoms with Crippen molar-refractivity contribution in [3.8, 4) is 0 Å². The number of hydrogen-bond acceptors (Lipinski definition) is 0. The van der Waals surface area contributed by atoms with E-state index in [1.807, 2.05) is 0 Å². The van der Waals surface area contributed by atoms with Crippen LogP contribution in [0.5, 0.6) is 0 Å². The van der Waals surface area contributed by atoms with Crippen molar-refractivity contribution in [3.63, 3.8) is 0 Å². The minimum atomic E-state index is -0.362. The van der Waals surface area contributed by atoms with Gasteiger partial charge in [0.15, 0.2) is 0 Å². The van der Waals surface area contributed by atoms with E-state index >= 15 is 0 Å². The summed E-state index contributed by atoms with van der Waals surface area (Å²) in [4.78, 5) is 0. The molecular weight excluding hydrogens is 172 g/mol. The van der Waals surface area contributed by atoms with Crippen molar-refractivity contribution in [2.45, 2.75) is 51.7 Å². The third kappa shape index (κ3) is 1.25. The molecule has 0 radical (unpaired) electrons. The standard InChI is InChI=1S/C12H20Si/c1-8-9(2)11(4)12(10(8)3)13-6-5-7-13/h12-13H,5-7H2,1-4H3. The second kappa shape index (κ2) is 3.12. The molecule has 1 heteroatoms. The lowest BCUT2D eigenvalue weighted by Crippen LogP contribution is -2.28. The van der Waals surface area contributed by atoms with Crippen LogP contribution in [0, 0.1) is 0 Å². The van der Waals surface area contributed by atoms with Crippen LogP contribution in [-0.2, 0) is 0 Å². The van der Waals surface area contributed by atoms with E-state index < -0.39 is 0 Å². The molecular formula is C12H20Si. The van der Waals surface area contributed by atoms with E-state index in [0.717, 1.165) is 5.54 Å². The lowest BCUT2D eigenvalue weighted by atomic mass is 10.1. The summed E-state index contributed by atoms with van der Waals surface area (Å²) in [5.74, 6) is 0. The van der Waals surface area contributed by atoms with Gasteiger partial charge in [-0.2, -0.15) is 0 Å². The van der Waals surface area contributed by atoms with E-state index in [2.05, 4.69) is 27.7 Å². The highest BCUT2D eigenvalue weighted by Crippen LogP contribution is 2.47. The van der Waals surface area contributed by atoms with Gasteiger partial charge in [-0.25, -0.2) is 0 Å². The number of rotatable bonds is 1. The van der Waals surface area contributed by atoms with E-state index in [1.165, 1.54) is 6.42 Å². The van der Waals surface area contributed by atoms with Gasteiger partial charge in [0.1, 0.15) is 0 Å². The van der Waals surface area contributed by atoms with Crippen molar-refractivity contribution in [1.29, 1.82) is 0 Å². The summed E-state index contributed by atoms with van der Waals surface area (Å²) in [6, 6.07) is 3.19. The van der Waals surface area contributed by atoms with Gasteiger partial charge in [0.2, 0.25) is 0 Å². The second-order valence-corrected chi connectivity index (χ2v) is 8.13. The van der Waals surface area contributed by atoms with Gasteiger partial charge in [-0.3, -0.25) is 0 Å². The first-order chi connectivity index (χ1) is 6.13. The fraction of sp³-hybridized carbons (Fsp3) is 0.667. The van der Waals surface area contributed by atoms with Crippen LogP contribution < -0.4 is 0 Å². The molecule has 0 aromatic rings. The maximum atomic E-state index is 2.37. The largest absolute Gasteiger partial charge is 0.0660 e. The first-order valence-electron chi connectivity index (χ1n) is 5.48. The molecule has 0 unspecified atom stereocenters. The van der Waals surface area contributed by atoms with E-state index in [4.69, 9.17) is 0 Å². The molecule has 0 amide bonds. The van der Waals surface area contributed by atoms with Crippen molar-refractivity contribution in [1.82, 2.24) is 0 Å². The summed E-state index contributed by atoms with van der Waals surface area (Å²) >= 11 is 0. The summed E-state index contributed by atoms with van der Waals surface area (Å²) in [7, 11) is -0.362. The molecule has 1 saturated heterocycles. The van der Waals surface area contributed by atoms with E-state index in [-0.39, 0.29) is 8.80 Å². The van der Waals surface area contributed by atoms with Crippen LogP contribution in [-0.4, -0.2) is 8.80 Å². The molecule has 2 aliphatic rings. The highest BCUT2D eigenvalue weighted by molar-refractivity contribution is 6.65. The molecule has 2 rings (SSSR count). The van der Waals surface area contributed by atoms with Crippen LogP contribution in [0.2, 0.25) is 17.6 Å². The van der Waals surface area contributed by atoms with Crippen LogP contribution in [0.25, 0.3) is 0 Å². The Kier molecular flexibility index (Phi) is 2.23.